The molecule has 7 nitrogen and oxygen atoms in total. The van der Waals surface area contributed by atoms with Crippen LogP contribution in [-0.2, 0) is 9.53 Å². The van der Waals surface area contributed by atoms with E-state index in [1.54, 1.807) is 34.6 Å². The number of benzene rings is 2. The lowest BCUT2D eigenvalue weighted by Gasteiger charge is -2.22. The number of halogens is 2. The van der Waals surface area contributed by atoms with Crippen LogP contribution in [-0.4, -0.2) is 29.6 Å². The minimum Gasteiger partial charge on any atom is -0.444 e. The molecule has 0 aliphatic carbocycles. The molecule has 32 heavy (non-hydrogen) atoms. The lowest BCUT2D eigenvalue weighted by molar-refractivity contribution is -0.118. The van der Waals surface area contributed by atoms with Gasteiger partial charge in [-0.15, -0.1) is 0 Å². The van der Waals surface area contributed by atoms with Gasteiger partial charge in [0.2, 0.25) is 5.91 Å². The van der Waals surface area contributed by atoms with Crippen LogP contribution in [0.2, 0.25) is 0 Å². The summed E-state index contributed by atoms with van der Waals surface area (Å²) < 4.78 is 33.1. The van der Waals surface area contributed by atoms with Crippen molar-refractivity contribution in [3.8, 4) is 0 Å². The van der Waals surface area contributed by atoms with Crippen LogP contribution in [0.25, 0.3) is 0 Å². The van der Waals surface area contributed by atoms with Crippen LogP contribution in [0, 0.1) is 17.6 Å². The van der Waals surface area contributed by atoms with E-state index < -0.39 is 41.2 Å². The molecule has 0 aromatic heterocycles. The van der Waals surface area contributed by atoms with Gasteiger partial charge in [0.05, 0.1) is 11.3 Å². The number of hydrogen-bond donors (Lipinski definition) is 3. The quantitative estimate of drug-likeness (QED) is 0.598. The summed E-state index contributed by atoms with van der Waals surface area (Å²) in [5, 5.41) is 7.39. The van der Waals surface area contributed by atoms with Gasteiger partial charge in [-0.25, -0.2) is 13.6 Å². The molecule has 0 saturated heterocycles. The number of nitrogens with one attached hydrogen (secondary N) is 3. The zero-order valence-corrected chi connectivity index (χ0v) is 18.6. The Kier molecular flexibility index (Phi) is 7.91. The first-order valence-corrected chi connectivity index (χ1v) is 10.0. The minimum absolute atomic E-state index is 0.184. The van der Waals surface area contributed by atoms with E-state index in [1.165, 1.54) is 30.3 Å². The zero-order valence-electron chi connectivity index (χ0n) is 18.6. The lowest BCUT2D eigenvalue weighted by Crippen LogP contribution is -2.47. The van der Waals surface area contributed by atoms with E-state index in [-0.39, 0.29) is 22.9 Å². The van der Waals surface area contributed by atoms with Gasteiger partial charge < -0.3 is 15.4 Å². The number of carbonyl (C=O) groups excluding carboxylic acids is 3. The second-order valence-corrected chi connectivity index (χ2v) is 8.49. The number of ether oxygens (including phenoxy) is 1. The molecule has 2 aromatic rings. The van der Waals surface area contributed by atoms with Crippen LogP contribution < -0.4 is 16.0 Å². The monoisotopic (exact) mass is 447 g/mol. The SMILES string of the molecule is CC(C)C(NC(=O)c1ccccc1F)C(=O)Nc1ccc(F)c(NC(=O)OC(C)(C)C)c1. The first-order chi connectivity index (χ1) is 14.9. The fourth-order valence-corrected chi connectivity index (χ4v) is 2.73. The average Bonchev–Trinajstić information content (AvgIpc) is 2.67. The molecule has 2 rings (SSSR count). The van der Waals surface area contributed by atoms with Crippen molar-refractivity contribution in [1.82, 2.24) is 5.32 Å². The smallest absolute Gasteiger partial charge is 0.412 e. The summed E-state index contributed by atoms with van der Waals surface area (Å²) in [6.45, 7) is 8.43. The number of anilines is 2. The van der Waals surface area contributed by atoms with E-state index in [4.69, 9.17) is 4.74 Å². The molecule has 0 bridgehead atoms. The Morgan fingerprint density at radius 3 is 2.19 bits per heavy atom. The number of carbonyl (C=O) groups is 3. The summed E-state index contributed by atoms with van der Waals surface area (Å²) in [7, 11) is 0. The molecule has 0 spiro atoms. The van der Waals surface area contributed by atoms with Crippen molar-refractivity contribution in [2.75, 3.05) is 10.6 Å². The maximum atomic E-state index is 14.1. The second-order valence-electron chi connectivity index (χ2n) is 8.49. The van der Waals surface area contributed by atoms with Crippen molar-refractivity contribution >= 4 is 29.3 Å². The van der Waals surface area contributed by atoms with Gasteiger partial charge in [0, 0.05) is 5.69 Å². The number of amides is 3. The third-order valence-electron chi connectivity index (χ3n) is 4.22. The van der Waals surface area contributed by atoms with Gasteiger partial charge in [0.1, 0.15) is 23.3 Å². The Morgan fingerprint density at radius 2 is 1.59 bits per heavy atom. The first-order valence-electron chi connectivity index (χ1n) is 10.0. The molecule has 0 radical (unpaired) electrons. The predicted octanol–water partition coefficient (Wildman–Crippen LogP) is 4.70. The third kappa shape index (κ3) is 7.04. The molecular formula is C23H27F2N3O4. The van der Waals surface area contributed by atoms with Crippen LogP contribution in [0.5, 0.6) is 0 Å². The summed E-state index contributed by atoms with van der Waals surface area (Å²) in [6.07, 6.45) is -0.850. The molecule has 172 valence electrons. The van der Waals surface area contributed by atoms with Crippen molar-refractivity contribution in [2.24, 2.45) is 5.92 Å². The molecule has 2 aromatic carbocycles. The van der Waals surface area contributed by atoms with E-state index in [2.05, 4.69) is 16.0 Å². The van der Waals surface area contributed by atoms with Crippen molar-refractivity contribution in [3.05, 3.63) is 59.7 Å². The highest BCUT2D eigenvalue weighted by molar-refractivity contribution is 6.01. The molecule has 3 amide bonds. The summed E-state index contributed by atoms with van der Waals surface area (Å²) in [6, 6.07) is 8.05. The molecule has 0 fully saturated rings. The van der Waals surface area contributed by atoms with Gasteiger partial charge >= 0.3 is 6.09 Å². The van der Waals surface area contributed by atoms with Gasteiger partial charge in [0.15, 0.2) is 0 Å². The molecular weight excluding hydrogens is 420 g/mol. The van der Waals surface area contributed by atoms with Crippen LogP contribution in [0.3, 0.4) is 0 Å². The Hall–Kier alpha value is -3.49. The Bertz CT molecular complexity index is 1000. The van der Waals surface area contributed by atoms with E-state index in [1.807, 2.05) is 0 Å². The molecule has 1 unspecified atom stereocenters. The van der Waals surface area contributed by atoms with Crippen LogP contribution in [0.4, 0.5) is 25.0 Å². The molecule has 0 aliphatic heterocycles. The van der Waals surface area contributed by atoms with E-state index >= 15 is 0 Å². The topological polar surface area (TPSA) is 96.5 Å². The summed E-state index contributed by atoms with van der Waals surface area (Å²) >= 11 is 0. The summed E-state index contributed by atoms with van der Waals surface area (Å²) in [5.74, 6) is -3.07. The van der Waals surface area contributed by atoms with Gasteiger partial charge in [-0.1, -0.05) is 26.0 Å². The van der Waals surface area contributed by atoms with Gasteiger partial charge in [-0.05, 0) is 57.0 Å². The van der Waals surface area contributed by atoms with Gasteiger partial charge in [0.25, 0.3) is 5.91 Å². The molecule has 0 heterocycles. The molecule has 3 N–H and O–H groups in total. The highest BCUT2D eigenvalue weighted by Gasteiger charge is 2.26. The first kappa shape index (κ1) is 24.8. The minimum atomic E-state index is -0.991. The zero-order chi connectivity index (χ0) is 24.1. The summed E-state index contributed by atoms with van der Waals surface area (Å²) in [4.78, 5) is 37.1. The third-order valence-corrected chi connectivity index (χ3v) is 4.22. The Labute approximate surface area is 185 Å². The van der Waals surface area contributed by atoms with E-state index in [9.17, 15) is 23.2 Å². The summed E-state index contributed by atoms with van der Waals surface area (Å²) in [5.41, 5.74) is -0.953. The number of rotatable bonds is 6. The largest absolute Gasteiger partial charge is 0.444 e. The van der Waals surface area contributed by atoms with Gasteiger partial charge in [-0.3, -0.25) is 14.9 Å². The average molecular weight is 447 g/mol. The normalized spacial score (nSPS) is 12.1. The van der Waals surface area contributed by atoms with E-state index in [0.29, 0.717) is 0 Å². The second kappa shape index (κ2) is 10.2. The standard InChI is InChI=1S/C23H27F2N3O4/c1-13(2)19(28-20(29)15-8-6-7-9-16(15)24)21(30)26-14-10-11-17(25)18(12-14)27-22(31)32-23(3,4)5/h6-13,19H,1-5H3,(H,26,30)(H,27,31)(H,28,29). The van der Waals surface area contributed by atoms with Crippen LogP contribution >= 0.6 is 0 Å². The maximum absolute atomic E-state index is 14.1. The maximum Gasteiger partial charge on any atom is 0.412 e. The van der Waals surface area contributed by atoms with E-state index in [0.717, 1.165) is 12.1 Å². The molecule has 0 saturated carbocycles. The fourth-order valence-electron chi connectivity index (χ4n) is 2.73. The van der Waals surface area contributed by atoms with Gasteiger partial charge in [-0.2, -0.15) is 0 Å². The Balaban J connectivity index is 2.14. The highest BCUT2D eigenvalue weighted by Crippen LogP contribution is 2.21. The highest BCUT2D eigenvalue weighted by atomic mass is 19.1. The predicted molar refractivity (Wildman–Crippen MR) is 117 cm³/mol. The van der Waals surface area contributed by atoms with Crippen LogP contribution in [0.1, 0.15) is 45.0 Å². The van der Waals surface area contributed by atoms with Crippen molar-refractivity contribution in [3.63, 3.8) is 0 Å². The van der Waals surface area contributed by atoms with Crippen molar-refractivity contribution in [2.45, 2.75) is 46.3 Å². The number of hydrogen-bond acceptors (Lipinski definition) is 4. The van der Waals surface area contributed by atoms with Crippen LogP contribution in [0.15, 0.2) is 42.5 Å². The van der Waals surface area contributed by atoms with Crippen molar-refractivity contribution < 1.29 is 27.9 Å². The fraction of sp³-hybridized carbons (Fsp3) is 0.348. The molecule has 1 atom stereocenters. The van der Waals surface area contributed by atoms with Crippen molar-refractivity contribution in [1.29, 1.82) is 0 Å². The molecule has 9 heteroatoms. The Morgan fingerprint density at radius 1 is 0.938 bits per heavy atom. The molecule has 0 aliphatic rings. The lowest BCUT2D eigenvalue weighted by atomic mass is 10.0.